The quantitative estimate of drug-likeness (QED) is 0.354. The summed E-state index contributed by atoms with van der Waals surface area (Å²) in [6.07, 6.45) is 7.98. The predicted molar refractivity (Wildman–Crippen MR) is 92.0 cm³/mol. The maximum absolute atomic E-state index is 11.9. The second-order valence-electron chi connectivity index (χ2n) is 5.05. The van der Waals surface area contributed by atoms with E-state index in [2.05, 4.69) is 11.9 Å². The summed E-state index contributed by atoms with van der Waals surface area (Å²) < 4.78 is 5.14. The molecular formula is C15H21Cl3N2O2. The summed E-state index contributed by atoms with van der Waals surface area (Å²) in [5.41, 5.74) is 5.59. The first kappa shape index (κ1) is 19.3. The van der Waals surface area contributed by atoms with Gasteiger partial charge in [0.05, 0.1) is 17.3 Å². The van der Waals surface area contributed by atoms with Gasteiger partial charge in [-0.15, -0.1) is 0 Å². The number of halogens is 3. The third-order valence-corrected chi connectivity index (χ3v) is 4.38. The summed E-state index contributed by atoms with van der Waals surface area (Å²) in [5, 5.41) is -0.0549. The van der Waals surface area contributed by atoms with Crippen LogP contribution >= 0.6 is 34.8 Å². The summed E-state index contributed by atoms with van der Waals surface area (Å²) in [4.78, 5) is 15.8. The van der Waals surface area contributed by atoms with Gasteiger partial charge in [-0.2, -0.15) is 0 Å². The van der Waals surface area contributed by atoms with Crippen molar-refractivity contribution in [1.82, 2.24) is 4.98 Å². The highest BCUT2D eigenvalue weighted by atomic mass is 35.5. The first-order chi connectivity index (χ1) is 10.5. The van der Waals surface area contributed by atoms with Crippen LogP contribution in [-0.4, -0.2) is 17.6 Å². The number of unbranched alkanes of at least 4 members (excludes halogenated alkanes) is 6. The van der Waals surface area contributed by atoms with Gasteiger partial charge in [-0.1, -0.05) is 80.3 Å². The monoisotopic (exact) mass is 366 g/mol. The molecule has 1 rings (SSSR count). The minimum Gasteiger partial charge on any atom is -0.461 e. The molecule has 0 aliphatic carbocycles. The van der Waals surface area contributed by atoms with E-state index in [9.17, 15) is 4.79 Å². The summed E-state index contributed by atoms with van der Waals surface area (Å²) in [6.45, 7) is 2.51. The van der Waals surface area contributed by atoms with Crippen LogP contribution in [0, 0.1) is 0 Å². The number of esters is 1. The van der Waals surface area contributed by atoms with Gasteiger partial charge in [-0.25, -0.2) is 9.78 Å². The van der Waals surface area contributed by atoms with Crippen molar-refractivity contribution in [3.8, 4) is 0 Å². The first-order valence-electron chi connectivity index (χ1n) is 7.46. The van der Waals surface area contributed by atoms with E-state index in [0.29, 0.717) is 6.61 Å². The van der Waals surface area contributed by atoms with Crippen molar-refractivity contribution in [3.05, 3.63) is 20.9 Å². The van der Waals surface area contributed by atoms with Gasteiger partial charge >= 0.3 is 5.97 Å². The van der Waals surface area contributed by atoms with Crippen LogP contribution in [0.15, 0.2) is 0 Å². The molecule has 22 heavy (non-hydrogen) atoms. The van der Waals surface area contributed by atoms with E-state index in [-0.39, 0.29) is 26.6 Å². The van der Waals surface area contributed by atoms with Crippen LogP contribution in [0.2, 0.25) is 15.2 Å². The molecule has 7 heteroatoms. The predicted octanol–water partition coefficient (Wildman–Crippen LogP) is 5.53. The lowest BCUT2D eigenvalue weighted by atomic mass is 10.1. The highest BCUT2D eigenvalue weighted by Crippen LogP contribution is 2.34. The Hall–Kier alpha value is -0.710. The molecule has 0 saturated heterocycles. The van der Waals surface area contributed by atoms with Gasteiger partial charge in [0, 0.05) is 0 Å². The number of carbonyl (C=O) groups is 1. The summed E-state index contributed by atoms with van der Waals surface area (Å²) in [5.74, 6) is -0.638. The van der Waals surface area contributed by atoms with Gasteiger partial charge in [-0.05, 0) is 6.42 Å². The molecule has 4 nitrogen and oxygen atoms in total. The maximum atomic E-state index is 11.9. The van der Waals surface area contributed by atoms with Crippen LogP contribution in [0.1, 0.15) is 62.4 Å². The first-order valence-corrected chi connectivity index (χ1v) is 8.59. The number of hydrogen-bond donors (Lipinski definition) is 1. The number of aromatic nitrogens is 1. The average Bonchev–Trinajstić information content (AvgIpc) is 2.51. The van der Waals surface area contributed by atoms with Crippen LogP contribution < -0.4 is 5.73 Å². The van der Waals surface area contributed by atoms with Crippen molar-refractivity contribution in [1.29, 1.82) is 0 Å². The van der Waals surface area contributed by atoms with E-state index >= 15 is 0 Å². The van der Waals surface area contributed by atoms with Crippen LogP contribution in [-0.2, 0) is 4.74 Å². The summed E-state index contributed by atoms with van der Waals surface area (Å²) in [6, 6.07) is 0. The molecule has 0 aromatic carbocycles. The molecule has 0 atom stereocenters. The van der Waals surface area contributed by atoms with Gasteiger partial charge in [0.2, 0.25) is 0 Å². The zero-order valence-corrected chi connectivity index (χ0v) is 14.9. The fraction of sp³-hybridized carbons (Fsp3) is 0.600. The van der Waals surface area contributed by atoms with Crippen molar-refractivity contribution in [3.63, 3.8) is 0 Å². The van der Waals surface area contributed by atoms with Crippen molar-refractivity contribution >= 4 is 46.5 Å². The number of carbonyl (C=O) groups excluding carboxylic acids is 1. The third kappa shape index (κ3) is 5.82. The lowest BCUT2D eigenvalue weighted by Gasteiger charge is -2.09. The Balaban J connectivity index is 2.38. The van der Waals surface area contributed by atoms with Crippen molar-refractivity contribution in [2.75, 3.05) is 12.3 Å². The number of anilines is 1. The molecule has 2 N–H and O–H groups in total. The van der Waals surface area contributed by atoms with Gasteiger partial charge < -0.3 is 10.5 Å². The molecule has 1 aromatic rings. The molecule has 0 radical (unpaired) electrons. The molecule has 0 saturated carbocycles. The topological polar surface area (TPSA) is 65.2 Å². The maximum Gasteiger partial charge on any atom is 0.358 e. The molecule has 0 bridgehead atoms. The Morgan fingerprint density at radius 1 is 1.05 bits per heavy atom. The lowest BCUT2D eigenvalue weighted by molar-refractivity contribution is 0.0491. The smallest absolute Gasteiger partial charge is 0.358 e. The Morgan fingerprint density at radius 3 is 2.27 bits per heavy atom. The largest absolute Gasteiger partial charge is 0.461 e. The van der Waals surface area contributed by atoms with E-state index in [0.717, 1.165) is 19.3 Å². The van der Waals surface area contributed by atoms with Crippen molar-refractivity contribution < 1.29 is 9.53 Å². The normalized spacial score (nSPS) is 10.7. The van der Waals surface area contributed by atoms with E-state index in [1.54, 1.807) is 0 Å². The minimum atomic E-state index is -0.638. The van der Waals surface area contributed by atoms with Gasteiger partial charge in [0.25, 0.3) is 0 Å². The molecule has 1 aromatic heterocycles. The molecular weight excluding hydrogens is 347 g/mol. The Labute approximate surface area is 146 Å². The van der Waals surface area contributed by atoms with Crippen LogP contribution in [0.5, 0.6) is 0 Å². The second-order valence-corrected chi connectivity index (χ2v) is 6.16. The zero-order valence-electron chi connectivity index (χ0n) is 12.6. The van der Waals surface area contributed by atoms with Gasteiger partial charge in [-0.3, -0.25) is 0 Å². The van der Waals surface area contributed by atoms with Gasteiger partial charge in [0.1, 0.15) is 5.02 Å². The number of nitrogens with two attached hydrogens (primary N) is 1. The second kappa shape index (κ2) is 10.1. The molecule has 0 unspecified atom stereocenters. The standard InChI is InChI=1S/C15H21Cl3N2O2/c1-2-3-4-5-6-7-8-9-22-15(21)13-10(16)12(19)11(17)14(18)20-13/h2-9H2,1H3,(H2,19,20). The molecule has 124 valence electrons. The van der Waals surface area contributed by atoms with Crippen LogP contribution in [0.25, 0.3) is 0 Å². The number of ether oxygens (including phenoxy) is 1. The minimum absolute atomic E-state index is 0.0287. The summed E-state index contributed by atoms with van der Waals surface area (Å²) in [7, 11) is 0. The number of nitrogens with zero attached hydrogens (tertiary/aromatic N) is 1. The fourth-order valence-electron chi connectivity index (χ4n) is 1.96. The van der Waals surface area contributed by atoms with Gasteiger partial charge in [0.15, 0.2) is 10.8 Å². The number of nitrogen functional groups attached to an aromatic ring is 1. The van der Waals surface area contributed by atoms with E-state index in [1.165, 1.54) is 25.7 Å². The average molecular weight is 368 g/mol. The highest BCUT2D eigenvalue weighted by Gasteiger charge is 2.20. The molecule has 0 aliphatic heterocycles. The molecule has 0 fully saturated rings. The molecule has 1 heterocycles. The highest BCUT2D eigenvalue weighted by molar-refractivity contribution is 6.46. The van der Waals surface area contributed by atoms with Crippen molar-refractivity contribution in [2.45, 2.75) is 51.9 Å². The Morgan fingerprint density at radius 2 is 1.64 bits per heavy atom. The SMILES string of the molecule is CCCCCCCCCOC(=O)c1nc(Cl)c(Cl)c(N)c1Cl. The zero-order chi connectivity index (χ0) is 16.5. The Bertz CT molecular complexity index is 510. The van der Waals surface area contributed by atoms with Crippen LogP contribution in [0.4, 0.5) is 5.69 Å². The molecule has 0 aliphatic rings. The van der Waals surface area contributed by atoms with Crippen molar-refractivity contribution in [2.24, 2.45) is 0 Å². The lowest BCUT2D eigenvalue weighted by Crippen LogP contribution is -2.11. The van der Waals surface area contributed by atoms with E-state index < -0.39 is 5.97 Å². The molecule has 0 spiro atoms. The number of rotatable bonds is 9. The Kier molecular flexibility index (Phi) is 8.91. The number of pyridine rings is 1. The summed E-state index contributed by atoms with van der Waals surface area (Å²) >= 11 is 17.5. The fourth-order valence-corrected chi connectivity index (χ4v) is 2.54. The molecule has 0 amide bonds. The van der Waals surface area contributed by atoms with E-state index in [1.807, 2.05) is 0 Å². The number of hydrogen-bond acceptors (Lipinski definition) is 4. The van der Waals surface area contributed by atoms with Crippen LogP contribution in [0.3, 0.4) is 0 Å². The van der Waals surface area contributed by atoms with E-state index in [4.69, 9.17) is 45.3 Å². The third-order valence-electron chi connectivity index (χ3n) is 3.25.